The minimum Gasteiger partial charge on any atom is -0.379 e. The molecule has 0 fully saturated rings. The first-order valence-corrected chi connectivity index (χ1v) is 18.5. The summed E-state index contributed by atoms with van der Waals surface area (Å²) in [5.41, 5.74) is 0. The van der Waals surface area contributed by atoms with E-state index in [0.717, 1.165) is 0 Å². The van der Waals surface area contributed by atoms with Crippen LogP contribution in [0.2, 0.25) is 0 Å². The average Bonchev–Trinajstić information content (AvgIpc) is 2.96. The van der Waals surface area contributed by atoms with E-state index in [9.17, 15) is 0 Å². The number of hydrogen-bond donors (Lipinski definition) is 2. The van der Waals surface area contributed by atoms with Gasteiger partial charge in [-0.1, -0.05) is 206 Å². The Kier molecular flexibility index (Phi) is 44.4. The fourth-order valence-electron chi connectivity index (χ4n) is 5.72. The molecule has 0 saturated heterocycles. The van der Waals surface area contributed by atoms with Crippen molar-refractivity contribution in [3.05, 3.63) is 4.91 Å². The molecule has 0 aliphatic heterocycles. The van der Waals surface area contributed by atoms with Gasteiger partial charge in [0.05, 0.1) is 0 Å². The number of rotatable bonds is 34. The fraction of sp³-hybridized carbons (Fsp3) is 1.00. The molecule has 0 rings (SSSR count). The first kappa shape index (κ1) is 41.5. The summed E-state index contributed by atoms with van der Waals surface area (Å²) < 4.78 is 0. The van der Waals surface area contributed by atoms with Crippen LogP contribution in [0.1, 0.15) is 219 Å². The Bertz CT molecular complexity index is 386. The van der Waals surface area contributed by atoms with Crippen molar-refractivity contribution in [1.29, 1.82) is 0 Å². The molecule has 4 heteroatoms. The topological polar surface area (TPSA) is 61.7 Å². The molecule has 0 aliphatic rings. The maximum absolute atomic E-state index is 8.11. The highest BCUT2D eigenvalue weighted by molar-refractivity contribution is 4.54. The molecule has 40 heavy (non-hydrogen) atoms. The van der Waals surface area contributed by atoms with Crippen LogP contribution in [-0.4, -0.2) is 18.3 Å². The van der Waals surface area contributed by atoms with E-state index < -0.39 is 0 Å². The van der Waals surface area contributed by atoms with Crippen molar-refractivity contribution in [3.8, 4) is 0 Å². The molecule has 0 aromatic carbocycles. The normalized spacial score (nSPS) is 10.9. The van der Waals surface area contributed by atoms with Crippen LogP contribution in [0.25, 0.3) is 0 Å². The van der Waals surface area contributed by atoms with Crippen molar-refractivity contribution >= 4 is 0 Å². The number of nitrogens with one attached hydrogen (secondary N) is 1. The summed E-state index contributed by atoms with van der Waals surface area (Å²) in [5, 5.41) is 11.6. The summed E-state index contributed by atoms with van der Waals surface area (Å²) in [7, 11) is 0. The van der Waals surface area contributed by atoms with E-state index in [1.54, 1.807) is 0 Å². The Morgan fingerprint density at radius 2 is 0.500 bits per heavy atom. The quantitative estimate of drug-likeness (QED) is 0.0461. The lowest BCUT2D eigenvalue weighted by Gasteiger charge is -2.06. The average molecular weight is 569 g/mol. The standard InChI is InChI=1S/C36H75N.HNO2/c1-3-5-7-9-11-13-15-17-19-21-23-25-27-29-31-33-35-37-36-34-32-30-28-26-24-22-20-18-16-14-12-10-8-6-4-2;2-1-3/h37H,3-36H2,1-2H3;(H,2,3). The SMILES string of the molecule is CCCCCCCCCCCCCCCCCCNCCCCCCCCCCCCCCCCCC.O=NO. The van der Waals surface area contributed by atoms with Crippen LogP contribution < -0.4 is 5.32 Å². The lowest BCUT2D eigenvalue weighted by Crippen LogP contribution is -2.16. The van der Waals surface area contributed by atoms with E-state index in [-0.39, 0.29) is 0 Å². The van der Waals surface area contributed by atoms with Gasteiger partial charge in [-0.15, -0.1) is 4.91 Å². The summed E-state index contributed by atoms with van der Waals surface area (Å²) in [5.74, 6) is 0. The Morgan fingerprint density at radius 1 is 0.350 bits per heavy atom. The lowest BCUT2D eigenvalue weighted by molar-refractivity contribution is 0.312. The van der Waals surface area contributed by atoms with E-state index in [2.05, 4.69) is 19.2 Å². The first-order chi connectivity index (χ1) is 19.8. The summed E-state index contributed by atoms with van der Waals surface area (Å²) in [6.07, 6.45) is 46.7. The van der Waals surface area contributed by atoms with Crippen molar-refractivity contribution in [3.63, 3.8) is 0 Å². The van der Waals surface area contributed by atoms with Gasteiger partial charge in [0, 0.05) is 0 Å². The lowest BCUT2D eigenvalue weighted by atomic mass is 10.0. The smallest absolute Gasteiger partial charge is 0.152 e. The van der Waals surface area contributed by atoms with Gasteiger partial charge in [0.2, 0.25) is 0 Å². The van der Waals surface area contributed by atoms with Gasteiger partial charge in [0.15, 0.2) is 5.34 Å². The van der Waals surface area contributed by atoms with Crippen LogP contribution in [0.5, 0.6) is 0 Å². The number of hydrogen-bond acceptors (Lipinski definition) is 3. The third-order valence-corrected chi connectivity index (χ3v) is 8.41. The van der Waals surface area contributed by atoms with Gasteiger partial charge in [-0.3, -0.25) is 0 Å². The Morgan fingerprint density at radius 3 is 0.675 bits per heavy atom. The number of nitrogens with zero attached hydrogens (tertiary/aromatic N) is 1. The molecule has 0 heterocycles. The molecule has 0 aromatic rings. The number of unbranched alkanes of at least 4 members (excludes halogenated alkanes) is 30. The van der Waals surface area contributed by atoms with Crippen LogP contribution in [-0.2, 0) is 0 Å². The monoisotopic (exact) mass is 569 g/mol. The van der Waals surface area contributed by atoms with E-state index in [0.29, 0.717) is 0 Å². The third-order valence-electron chi connectivity index (χ3n) is 8.41. The molecule has 4 nitrogen and oxygen atoms in total. The predicted molar refractivity (Wildman–Crippen MR) is 180 cm³/mol. The van der Waals surface area contributed by atoms with Gasteiger partial charge in [0.25, 0.3) is 0 Å². The zero-order valence-corrected chi connectivity index (χ0v) is 27.8. The second kappa shape index (κ2) is 42.8. The molecule has 2 N–H and O–H groups in total. The van der Waals surface area contributed by atoms with E-state index in [1.165, 1.54) is 224 Å². The van der Waals surface area contributed by atoms with Crippen molar-refractivity contribution in [2.45, 2.75) is 219 Å². The van der Waals surface area contributed by atoms with Crippen LogP contribution in [0.15, 0.2) is 5.34 Å². The summed E-state index contributed by atoms with van der Waals surface area (Å²) >= 11 is 0. The Balaban J connectivity index is 0. The molecule has 0 spiro atoms. The molecule has 0 atom stereocenters. The fourth-order valence-corrected chi connectivity index (χ4v) is 5.72. The van der Waals surface area contributed by atoms with Crippen molar-refractivity contribution < 1.29 is 5.21 Å². The van der Waals surface area contributed by atoms with E-state index in [4.69, 9.17) is 10.1 Å². The maximum atomic E-state index is 8.11. The van der Waals surface area contributed by atoms with Crippen LogP contribution in [0.3, 0.4) is 0 Å². The molecule has 0 bridgehead atoms. The molecular formula is C36H76N2O2. The highest BCUT2D eigenvalue weighted by Gasteiger charge is 1.97. The maximum Gasteiger partial charge on any atom is 0.152 e. The summed E-state index contributed by atoms with van der Waals surface area (Å²) in [4.78, 5) is 8.11. The highest BCUT2D eigenvalue weighted by Crippen LogP contribution is 2.15. The van der Waals surface area contributed by atoms with Gasteiger partial charge < -0.3 is 10.5 Å². The van der Waals surface area contributed by atoms with Crippen molar-refractivity contribution in [2.75, 3.05) is 13.1 Å². The van der Waals surface area contributed by atoms with Crippen LogP contribution in [0, 0.1) is 4.91 Å². The van der Waals surface area contributed by atoms with Gasteiger partial charge >= 0.3 is 0 Å². The third kappa shape index (κ3) is 44.4. The van der Waals surface area contributed by atoms with Crippen LogP contribution in [0.4, 0.5) is 0 Å². The molecule has 0 radical (unpaired) electrons. The largest absolute Gasteiger partial charge is 0.379 e. The summed E-state index contributed by atoms with van der Waals surface area (Å²) in [6.45, 7) is 7.11. The van der Waals surface area contributed by atoms with Crippen molar-refractivity contribution in [1.82, 2.24) is 5.32 Å². The molecule has 0 amide bonds. The highest BCUT2D eigenvalue weighted by atomic mass is 16.6. The van der Waals surface area contributed by atoms with Gasteiger partial charge in [0.1, 0.15) is 0 Å². The molecule has 0 aliphatic carbocycles. The Labute approximate surface area is 253 Å². The molecule has 0 aromatic heterocycles. The second-order valence-electron chi connectivity index (χ2n) is 12.4. The van der Waals surface area contributed by atoms with Gasteiger partial charge in [-0.25, -0.2) is 0 Å². The first-order valence-electron chi connectivity index (χ1n) is 18.5. The second-order valence-corrected chi connectivity index (χ2v) is 12.4. The van der Waals surface area contributed by atoms with E-state index in [1.807, 2.05) is 0 Å². The van der Waals surface area contributed by atoms with Gasteiger partial charge in [-0.2, -0.15) is 0 Å². The molecule has 242 valence electrons. The van der Waals surface area contributed by atoms with Crippen LogP contribution >= 0.6 is 0 Å². The molecule has 0 unspecified atom stereocenters. The predicted octanol–water partition coefficient (Wildman–Crippen LogP) is 13.2. The van der Waals surface area contributed by atoms with Crippen molar-refractivity contribution in [2.24, 2.45) is 5.34 Å². The summed E-state index contributed by atoms with van der Waals surface area (Å²) in [6, 6.07) is 0. The minimum absolute atomic E-state index is 1.25. The van der Waals surface area contributed by atoms with E-state index >= 15 is 0 Å². The Hall–Kier alpha value is -0.640. The molecule has 0 saturated carbocycles. The minimum atomic E-state index is 1.25. The zero-order chi connectivity index (χ0) is 29.5. The molecular weight excluding hydrogens is 492 g/mol. The zero-order valence-electron chi connectivity index (χ0n) is 27.8. The van der Waals surface area contributed by atoms with Gasteiger partial charge in [-0.05, 0) is 25.9 Å².